The van der Waals surface area contributed by atoms with Gasteiger partial charge in [-0.15, -0.1) is 0 Å². The van der Waals surface area contributed by atoms with E-state index in [4.69, 9.17) is 4.98 Å². The van der Waals surface area contributed by atoms with Crippen LogP contribution in [0.3, 0.4) is 0 Å². The first kappa shape index (κ1) is 40.2. The number of amides is 1. The van der Waals surface area contributed by atoms with E-state index in [0.717, 1.165) is 38.5 Å². The molecule has 0 atom stereocenters. The molecule has 1 saturated heterocycles. The molecule has 15 nitrogen and oxygen atoms in total. The molecule has 286 valence electrons. The molecule has 0 radical (unpaired) electrons. The third kappa shape index (κ3) is 11.3. The van der Waals surface area contributed by atoms with Crippen molar-refractivity contribution in [2.75, 3.05) is 85.6 Å². The van der Waals surface area contributed by atoms with Crippen LogP contribution in [0.15, 0.2) is 66.7 Å². The Morgan fingerprint density at radius 1 is 0.648 bits per heavy atom. The fraction of sp³-hybridized carbons (Fsp3) is 0.395. The second-order valence-electron chi connectivity index (χ2n) is 13.7. The molecule has 1 aromatic heterocycles. The molecule has 4 aromatic rings. The van der Waals surface area contributed by atoms with E-state index in [0.29, 0.717) is 70.8 Å². The topological polar surface area (TPSA) is 199 Å². The van der Waals surface area contributed by atoms with Crippen molar-refractivity contribution >= 4 is 58.1 Å². The van der Waals surface area contributed by atoms with Crippen LogP contribution in [0.1, 0.15) is 16.8 Å². The molecule has 54 heavy (non-hydrogen) atoms. The van der Waals surface area contributed by atoms with Gasteiger partial charge in [0.25, 0.3) is 0 Å². The monoisotopic (exact) mass is 742 g/mol. The summed E-state index contributed by atoms with van der Waals surface area (Å²) >= 11 is 0. The smallest absolute Gasteiger partial charge is 0.480 e. The number of pyridine rings is 1. The first-order chi connectivity index (χ1) is 25.9. The van der Waals surface area contributed by atoms with Gasteiger partial charge >= 0.3 is 25.0 Å². The molecule has 0 unspecified atom stereocenters. The molecule has 0 bridgehead atoms. The Balaban J connectivity index is 1.32. The highest BCUT2D eigenvalue weighted by atomic mass is 16.4. The fourth-order valence-corrected chi connectivity index (χ4v) is 6.89. The summed E-state index contributed by atoms with van der Waals surface area (Å²) in [5.74, 6) is -3.20. The molecule has 1 aliphatic heterocycles. The minimum atomic E-state index is -1.60. The van der Waals surface area contributed by atoms with Gasteiger partial charge in [0.2, 0.25) is 5.91 Å². The zero-order valence-electron chi connectivity index (χ0n) is 30.4. The van der Waals surface area contributed by atoms with Crippen molar-refractivity contribution < 1.29 is 44.5 Å². The normalized spacial score (nSPS) is 15.8. The predicted molar refractivity (Wildman–Crippen MR) is 203 cm³/mol. The van der Waals surface area contributed by atoms with Gasteiger partial charge in [-0.05, 0) is 34.1 Å². The lowest BCUT2D eigenvalue weighted by Gasteiger charge is -2.33. The Kier molecular flexibility index (Phi) is 14.1. The summed E-state index contributed by atoms with van der Waals surface area (Å²) in [5, 5.41) is 51.1. The zero-order chi connectivity index (χ0) is 38.8. The maximum atomic E-state index is 13.7. The average Bonchev–Trinajstić information content (AvgIpc) is 3.12. The number of aromatic nitrogens is 1. The Morgan fingerprint density at radius 3 is 1.65 bits per heavy atom. The second-order valence-corrected chi connectivity index (χ2v) is 13.7. The number of fused-ring (bicyclic) bond motifs is 3. The molecule has 1 fully saturated rings. The van der Waals surface area contributed by atoms with Crippen LogP contribution in [0.25, 0.3) is 21.7 Å². The minimum Gasteiger partial charge on any atom is -0.480 e. The first-order valence-electron chi connectivity index (χ1n) is 17.9. The summed E-state index contributed by atoms with van der Waals surface area (Å²) < 4.78 is 0. The van der Waals surface area contributed by atoms with Crippen LogP contribution >= 0.6 is 0 Å². The largest absolute Gasteiger partial charge is 0.488 e. The minimum absolute atomic E-state index is 0.0366. The maximum Gasteiger partial charge on any atom is 0.488 e. The summed E-state index contributed by atoms with van der Waals surface area (Å²) in [6, 6.07) is 21.0. The number of carbonyl (C=O) groups excluding carboxylic acids is 1. The lowest BCUT2D eigenvalue weighted by molar-refractivity contribution is -0.140. The van der Waals surface area contributed by atoms with Crippen LogP contribution in [-0.2, 0) is 32.1 Å². The van der Waals surface area contributed by atoms with Gasteiger partial charge in [-0.3, -0.25) is 43.8 Å². The molecule has 2 heterocycles. The van der Waals surface area contributed by atoms with Gasteiger partial charge in [-0.2, -0.15) is 0 Å². The SMILES string of the molecule is CN(Cc1ccc2nc(Cc3ccccc3B(O)O)c3ccccc3c2c1)C(=O)CN1CCN(CC(=O)O)CCN(CC(=O)O)CCN(CC(=O)O)CC1. The van der Waals surface area contributed by atoms with Crippen molar-refractivity contribution in [3.63, 3.8) is 0 Å². The van der Waals surface area contributed by atoms with Crippen molar-refractivity contribution in [2.45, 2.75) is 13.0 Å². The Morgan fingerprint density at radius 2 is 1.13 bits per heavy atom. The third-order valence-electron chi connectivity index (χ3n) is 9.75. The number of nitrogens with zero attached hydrogens (tertiary/aromatic N) is 6. The fourth-order valence-electron chi connectivity index (χ4n) is 6.89. The Hall–Kier alpha value is -4.97. The Labute approximate surface area is 313 Å². The van der Waals surface area contributed by atoms with Gasteiger partial charge in [0.15, 0.2) is 0 Å². The highest BCUT2D eigenvalue weighted by molar-refractivity contribution is 6.59. The van der Waals surface area contributed by atoms with E-state index in [9.17, 15) is 44.5 Å². The summed E-state index contributed by atoms with van der Waals surface area (Å²) in [6.45, 7) is 2.16. The Bertz CT molecular complexity index is 1930. The van der Waals surface area contributed by atoms with Crippen molar-refractivity contribution in [3.05, 3.63) is 83.6 Å². The summed E-state index contributed by atoms with van der Waals surface area (Å²) in [5.41, 5.74) is 3.67. The number of carboxylic acid groups (broad SMARTS) is 3. The number of rotatable bonds is 13. The first-order valence-corrected chi connectivity index (χ1v) is 17.9. The quantitative estimate of drug-likeness (QED) is 0.0913. The molecule has 0 spiro atoms. The molecule has 5 rings (SSSR count). The molecular formula is C38H47BN6O9. The van der Waals surface area contributed by atoms with E-state index < -0.39 is 25.0 Å². The lowest BCUT2D eigenvalue weighted by Crippen LogP contribution is -2.49. The average molecular weight is 743 g/mol. The van der Waals surface area contributed by atoms with Crippen LogP contribution in [0.5, 0.6) is 0 Å². The number of hydrogen-bond donors (Lipinski definition) is 5. The molecule has 1 amide bonds. The van der Waals surface area contributed by atoms with E-state index in [2.05, 4.69) is 0 Å². The predicted octanol–water partition coefficient (Wildman–Crippen LogP) is 0.0924. The van der Waals surface area contributed by atoms with Gasteiger partial charge in [0, 0.05) is 83.1 Å². The highest BCUT2D eigenvalue weighted by Crippen LogP contribution is 2.29. The van der Waals surface area contributed by atoms with Crippen LogP contribution in [0.2, 0.25) is 0 Å². The second kappa shape index (κ2) is 18.9. The van der Waals surface area contributed by atoms with Crippen molar-refractivity contribution in [1.82, 2.24) is 29.5 Å². The molecule has 1 aliphatic rings. The van der Waals surface area contributed by atoms with Gasteiger partial charge in [0.05, 0.1) is 37.4 Å². The van der Waals surface area contributed by atoms with E-state index in [1.807, 2.05) is 59.5 Å². The lowest BCUT2D eigenvalue weighted by atomic mass is 9.76. The molecule has 16 heteroatoms. The number of carbonyl (C=O) groups is 4. The molecule has 3 aromatic carbocycles. The van der Waals surface area contributed by atoms with Gasteiger partial charge in [-0.1, -0.05) is 54.6 Å². The van der Waals surface area contributed by atoms with Crippen LogP contribution < -0.4 is 5.46 Å². The van der Waals surface area contributed by atoms with E-state index in [1.165, 1.54) is 0 Å². The summed E-state index contributed by atoms with van der Waals surface area (Å²) in [4.78, 5) is 62.1. The number of benzene rings is 3. The molecule has 5 N–H and O–H groups in total. The van der Waals surface area contributed by atoms with Crippen LogP contribution in [0.4, 0.5) is 0 Å². The third-order valence-corrected chi connectivity index (χ3v) is 9.75. The standard InChI is InChI=1S/C38H47BN6O9/c1-41(35(46)23-42-12-14-43(24-36(47)48)16-18-45(26-38(51)52)19-17-44(15-13-42)25-37(49)50)22-27-10-11-33-31(20-27)29-7-3-4-8-30(29)34(40-33)21-28-6-2-5-9-32(28)39(53)54/h2-11,20,53-54H,12-19,21-26H2,1H3,(H,47,48)(H,49,50)(H,51,52). The van der Waals surface area contributed by atoms with Gasteiger partial charge in [0.1, 0.15) is 0 Å². The van der Waals surface area contributed by atoms with Gasteiger partial charge in [-0.25, -0.2) is 0 Å². The van der Waals surface area contributed by atoms with Crippen LogP contribution in [0, 0.1) is 0 Å². The van der Waals surface area contributed by atoms with E-state index in [-0.39, 0.29) is 32.1 Å². The molecule has 0 aliphatic carbocycles. The van der Waals surface area contributed by atoms with Crippen LogP contribution in [-0.4, -0.2) is 171 Å². The molecule has 0 saturated carbocycles. The summed E-state index contributed by atoms with van der Waals surface area (Å²) in [7, 11) is 0.124. The van der Waals surface area contributed by atoms with Crippen molar-refractivity contribution in [3.8, 4) is 0 Å². The zero-order valence-corrected chi connectivity index (χ0v) is 30.4. The van der Waals surface area contributed by atoms with Crippen molar-refractivity contribution in [1.29, 1.82) is 0 Å². The summed E-state index contributed by atoms with van der Waals surface area (Å²) in [6.07, 6.45) is 0.408. The number of carboxylic acids is 3. The number of hydrogen-bond acceptors (Lipinski definition) is 11. The maximum absolute atomic E-state index is 13.7. The van der Waals surface area contributed by atoms with Crippen molar-refractivity contribution in [2.24, 2.45) is 0 Å². The number of likely N-dealkylation sites (N-methyl/N-ethyl adjacent to an activating group) is 1. The van der Waals surface area contributed by atoms with Gasteiger partial charge < -0.3 is 30.3 Å². The highest BCUT2D eigenvalue weighted by Gasteiger charge is 2.23. The molecular weight excluding hydrogens is 695 g/mol. The van der Waals surface area contributed by atoms with E-state index in [1.54, 1.807) is 38.8 Å². The number of aliphatic carboxylic acids is 3. The van der Waals surface area contributed by atoms with E-state index >= 15 is 0 Å².